The number of nitrogens with one attached hydrogen (secondary N) is 3. The minimum absolute atomic E-state index is 0.00354. The van der Waals surface area contributed by atoms with Crippen molar-refractivity contribution in [3.05, 3.63) is 71.5 Å². The molecule has 6 N–H and O–H groups in total. The Hall–Kier alpha value is -5.30. The van der Waals surface area contributed by atoms with Crippen molar-refractivity contribution in [2.75, 3.05) is 17.7 Å². The molecular weight excluding hydrogens is 626 g/mol. The molecule has 0 fully saturated rings. The number of fused-ring (bicyclic) bond motifs is 1. The van der Waals surface area contributed by atoms with Crippen LogP contribution in [0.15, 0.2) is 54.7 Å². The number of aromatic nitrogens is 3. The van der Waals surface area contributed by atoms with Gasteiger partial charge in [-0.3, -0.25) is 14.6 Å². The lowest BCUT2D eigenvalue weighted by Crippen LogP contribution is -2.46. The third-order valence-electron chi connectivity index (χ3n) is 7.37. The molecule has 2 heterocycles. The van der Waals surface area contributed by atoms with Crippen molar-refractivity contribution in [1.29, 1.82) is 0 Å². The van der Waals surface area contributed by atoms with Gasteiger partial charge in [0.1, 0.15) is 11.3 Å². The predicted octanol–water partition coefficient (Wildman–Crippen LogP) is 5.38. The van der Waals surface area contributed by atoms with Crippen LogP contribution in [0.1, 0.15) is 93.5 Å². The summed E-state index contributed by atoms with van der Waals surface area (Å²) in [6.07, 6.45) is 1.45. The second kappa shape index (κ2) is 13.7. The third-order valence-corrected chi connectivity index (χ3v) is 7.37. The molecule has 2 aromatic heterocycles. The number of aliphatic hydroxyl groups is 1. The summed E-state index contributed by atoms with van der Waals surface area (Å²) in [6, 6.07) is 11.6. The van der Waals surface area contributed by atoms with Crippen molar-refractivity contribution in [3.8, 4) is 11.1 Å². The van der Waals surface area contributed by atoms with Gasteiger partial charge in [0.2, 0.25) is 5.95 Å². The zero-order chi connectivity index (χ0) is 36.5. The second-order valence-corrected chi connectivity index (χ2v) is 14.9. The second-order valence-electron chi connectivity index (χ2n) is 14.9. The fourth-order valence-corrected chi connectivity index (χ4v) is 4.96. The number of amides is 3. The van der Waals surface area contributed by atoms with Gasteiger partial charge in [-0.15, -0.1) is 0 Å². The largest absolute Gasteiger partial charge is 0.456 e. The molecule has 0 aliphatic heterocycles. The van der Waals surface area contributed by atoms with Gasteiger partial charge in [-0.05, 0) is 88.9 Å². The van der Waals surface area contributed by atoms with Gasteiger partial charge in [-0.25, -0.2) is 19.1 Å². The van der Waals surface area contributed by atoms with Crippen LogP contribution in [-0.2, 0) is 4.74 Å². The van der Waals surface area contributed by atoms with E-state index >= 15 is 0 Å². The number of benzene rings is 2. The summed E-state index contributed by atoms with van der Waals surface area (Å²) in [7, 11) is 0. The highest BCUT2D eigenvalue weighted by atomic mass is 16.6. The average molecular weight is 672 g/mol. The van der Waals surface area contributed by atoms with Crippen molar-refractivity contribution in [3.63, 3.8) is 0 Å². The molecule has 0 radical (unpaired) electrons. The summed E-state index contributed by atoms with van der Waals surface area (Å²) in [5.41, 5.74) is 6.29. The molecule has 0 bridgehead atoms. The van der Waals surface area contributed by atoms with Gasteiger partial charge in [-0.1, -0.05) is 32.9 Å². The summed E-state index contributed by atoms with van der Waals surface area (Å²) in [5.74, 6) is -1.79. The number of imidazole rings is 1. The molecule has 0 saturated heterocycles. The van der Waals surface area contributed by atoms with Gasteiger partial charge in [0.25, 0.3) is 11.8 Å². The number of nitrogen functional groups attached to an aromatic ring is 1. The van der Waals surface area contributed by atoms with Gasteiger partial charge >= 0.3 is 12.0 Å². The highest BCUT2D eigenvalue weighted by Crippen LogP contribution is 2.31. The zero-order valence-corrected chi connectivity index (χ0v) is 29.4. The summed E-state index contributed by atoms with van der Waals surface area (Å²) in [5, 5.41) is 18.4. The van der Waals surface area contributed by atoms with Crippen LogP contribution in [0.25, 0.3) is 22.2 Å². The van der Waals surface area contributed by atoms with E-state index in [2.05, 4.69) is 25.9 Å². The number of nitrogens with two attached hydrogens (primary N) is 1. The minimum Gasteiger partial charge on any atom is -0.456 e. The number of carbonyl (C=O) groups excluding carboxylic acids is 4. The van der Waals surface area contributed by atoms with Crippen LogP contribution >= 0.6 is 0 Å². The number of anilines is 2. The quantitative estimate of drug-likeness (QED) is 0.161. The van der Waals surface area contributed by atoms with Gasteiger partial charge in [0, 0.05) is 28.6 Å². The normalized spacial score (nSPS) is 12.7. The van der Waals surface area contributed by atoms with E-state index in [1.165, 1.54) is 22.9 Å². The standard InChI is InChI=1S/C36H45N7O6/c1-34(2,3)27(19-44)41-29(45)20-12-14-22(24(17-20)31(47)49-36(7,8)9)23-11-10-16-38-28(23)30(46)39-21-13-15-25-26(18-21)43(32(37)40-25)33(48)42-35(4,5)6/h10-18,27,44H,19H2,1-9H3,(H2,37,40)(H,39,46)(H,41,45)(H,42,48)/t27-/m1/s1. The Balaban J connectivity index is 1.74. The third kappa shape index (κ3) is 8.79. The Morgan fingerprint density at radius 2 is 1.61 bits per heavy atom. The molecule has 0 spiro atoms. The first kappa shape index (κ1) is 36.5. The van der Waals surface area contributed by atoms with Crippen LogP contribution < -0.4 is 21.7 Å². The van der Waals surface area contributed by atoms with Gasteiger partial charge in [0.15, 0.2) is 0 Å². The first-order valence-corrected chi connectivity index (χ1v) is 15.8. The molecule has 4 rings (SSSR count). The number of carbonyl (C=O) groups is 4. The predicted molar refractivity (Wildman–Crippen MR) is 188 cm³/mol. The Morgan fingerprint density at radius 1 is 0.918 bits per heavy atom. The van der Waals surface area contributed by atoms with Crippen molar-refractivity contribution in [2.24, 2.45) is 5.41 Å². The fraction of sp³-hybridized carbons (Fsp3) is 0.389. The van der Waals surface area contributed by atoms with E-state index in [9.17, 15) is 24.3 Å². The Kier molecular flexibility index (Phi) is 10.2. The number of hydrogen-bond donors (Lipinski definition) is 5. The lowest BCUT2D eigenvalue weighted by Gasteiger charge is -2.30. The van der Waals surface area contributed by atoms with Crippen LogP contribution in [0.3, 0.4) is 0 Å². The van der Waals surface area contributed by atoms with Crippen LogP contribution in [0.5, 0.6) is 0 Å². The van der Waals surface area contributed by atoms with Crippen molar-refractivity contribution >= 4 is 46.5 Å². The SMILES string of the molecule is CC(C)(C)NC(=O)n1c(N)nc2ccc(NC(=O)c3ncccc3-c3ccc(C(=O)N[C@H](CO)C(C)(C)C)cc3C(=O)OC(C)(C)C)cc21. The van der Waals surface area contributed by atoms with E-state index in [0.29, 0.717) is 27.8 Å². The molecule has 2 aromatic carbocycles. The molecule has 0 saturated carbocycles. The number of esters is 1. The summed E-state index contributed by atoms with van der Waals surface area (Å²) in [4.78, 5) is 62.3. The Morgan fingerprint density at radius 3 is 2.22 bits per heavy atom. The molecule has 49 heavy (non-hydrogen) atoms. The number of ether oxygens (including phenoxy) is 1. The van der Waals surface area contributed by atoms with Crippen LogP contribution in [0, 0.1) is 5.41 Å². The number of pyridine rings is 1. The first-order chi connectivity index (χ1) is 22.7. The van der Waals surface area contributed by atoms with Crippen molar-refractivity contribution in [2.45, 2.75) is 79.5 Å². The van der Waals surface area contributed by atoms with E-state index in [1.807, 2.05) is 41.5 Å². The highest BCUT2D eigenvalue weighted by molar-refractivity contribution is 6.10. The van der Waals surface area contributed by atoms with Gasteiger partial charge < -0.3 is 31.5 Å². The maximum absolute atomic E-state index is 13.8. The number of nitrogens with zero attached hydrogens (tertiary/aromatic N) is 3. The van der Waals surface area contributed by atoms with Crippen LogP contribution in [-0.4, -0.2) is 67.2 Å². The van der Waals surface area contributed by atoms with E-state index in [0.717, 1.165) is 0 Å². The molecule has 4 aromatic rings. The molecule has 0 aliphatic rings. The van der Waals surface area contributed by atoms with E-state index in [-0.39, 0.29) is 29.4 Å². The fourth-order valence-electron chi connectivity index (χ4n) is 4.96. The van der Waals surface area contributed by atoms with Gasteiger partial charge in [-0.2, -0.15) is 0 Å². The number of hydrogen-bond acceptors (Lipinski definition) is 9. The Labute approximate surface area is 285 Å². The number of aliphatic hydroxyl groups excluding tert-OH is 1. The molecular formula is C36H45N7O6. The van der Waals surface area contributed by atoms with Crippen molar-refractivity contribution < 1.29 is 29.0 Å². The van der Waals surface area contributed by atoms with Gasteiger partial charge in [0.05, 0.1) is 29.2 Å². The Bertz CT molecular complexity index is 1910. The molecule has 13 heteroatoms. The summed E-state index contributed by atoms with van der Waals surface area (Å²) < 4.78 is 6.93. The molecule has 0 unspecified atom stereocenters. The minimum atomic E-state index is -0.853. The van der Waals surface area contributed by atoms with Crippen LogP contribution in [0.4, 0.5) is 16.4 Å². The smallest absolute Gasteiger partial charge is 0.339 e. The first-order valence-electron chi connectivity index (χ1n) is 15.8. The maximum Gasteiger partial charge on any atom is 0.339 e. The maximum atomic E-state index is 13.8. The molecule has 3 amide bonds. The summed E-state index contributed by atoms with van der Waals surface area (Å²) in [6.45, 7) is 16.1. The zero-order valence-electron chi connectivity index (χ0n) is 29.4. The van der Waals surface area contributed by atoms with E-state index < -0.39 is 46.4 Å². The molecule has 13 nitrogen and oxygen atoms in total. The lowest BCUT2D eigenvalue weighted by molar-refractivity contribution is 0.00701. The highest BCUT2D eigenvalue weighted by Gasteiger charge is 2.29. The van der Waals surface area contributed by atoms with E-state index in [4.69, 9.17) is 10.5 Å². The van der Waals surface area contributed by atoms with Crippen LogP contribution in [0.2, 0.25) is 0 Å². The summed E-state index contributed by atoms with van der Waals surface area (Å²) >= 11 is 0. The topological polar surface area (TPSA) is 191 Å². The molecule has 1 atom stereocenters. The number of rotatable bonds is 7. The molecule has 260 valence electrons. The molecule has 0 aliphatic carbocycles. The van der Waals surface area contributed by atoms with E-state index in [1.54, 1.807) is 57.2 Å². The monoisotopic (exact) mass is 671 g/mol. The van der Waals surface area contributed by atoms with Crippen molar-refractivity contribution in [1.82, 2.24) is 25.2 Å². The lowest BCUT2D eigenvalue weighted by atomic mass is 9.87. The average Bonchev–Trinajstić information content (AvgIpc) is 3.32.